The summed E-state index contributed by atoms with van der Waals surface area (Å²) in [5.41, 5.74) is 20.2. The smallest absolute Gasteiger partial charge is 0.160 e. The summed E-state index contributed by atoms with van der Waals surface area (Å²) in [6.07, 6.45) is 0. The average molecular weight is 835 g/mol. The normalized spacial score (nSPS) is 11.3. The van der Waals surface area contributed by atoms with Gasteiger partial charge < -0.3 is 9.47 Å². The van der Waals surface area contributed by atoms with Gasteiger partial charge in [-0.15, -0.1) is 0 Å². The monoisotopic (exact) mass is 834 g/mol. The molecule has 0 unspecified atom stereocenters. The van der Waals surface area contributed by atoms with Crippen molar-refractivity contribution in [3.05, 3.63) is 241 Å². The number of para-hydroxylation sites is 3. The molecule has 11 aromatic rings. The molecular weight excluding hydrogens is 789 g/mol. The third kappa shape index (κ3) is 7.66. The molecule has 0 aliphatic heterocycles. The number of nitrogens with zero attached hydrogens (tertiary/aromatic N) is 4. The maximum Gasteiger partial charge on any atom is 0.160 e. The van der Waals surface area contributed by atoms with Crippen LogP contribution in [0.1, 0.15) is 16.7 Å². The lowest BCUT2D eigenvalue weighted by atomic mass is 9.94. The highest BCUT2D eigenvalue weighted by Crippen LogP contribution is 2.40. The van der Waals surface area contributed by atoms with Crippen LogP contribution in [-0.4, -0.2) is 14.5 Å². The second-order valence-corrected chi connectivity index (χ2v) is 16.9. The number of aromatic nitrogens is 3. The summed E-state index contributed by atoms with van der Waals surface area (Å²) in [6.45, 7) is 6.43. The summed E-state index contributed by atoms with van der Waals surface area (Å²) in [5.74, 6) is 0.727. The quantitative estimate of drug-likeness (QED) is 0.145. The highest BCUT2D eigenvalue weighted by Gasteiger charge is 2.18. The SMILES string of the molecule is Cc1cccc(-c2cc(-c3ccc(-c4ccc(-c5ccc(-n6c7ccccc7c7cc(N(c8ccccc8)c8ccccc8)ccc76)cc5)cc4C)cc3)nc(-c3cccc(C)c3)n2)c1. The molecule has 0 radical (unpaired) electrons. The Kier molecular flexibility index (Phi) is 10.2. The van der Waals surface area contributed by atoms with Gasteiger partial charge in [-0.1, -0.05) is 157 Å². The van der Waals surface area contributed by atoms with Crippen molar-refractivity contribution in [1.29, 1.82) is 0 Å². The van der Waals surface area contributed by atoms with E-state index in [2.05, 4.69) is 255 Å². The first-order valence-electron chi connectivity index (χ1n) is 22.2. The second-order valence-electron chi connectivity index (χ2n) is 16.9. The first-order chi connectivity index (χ1) is 31.9. The largest absolute Gasteiger partial charge is 0.310 e. The van der Waals surface area contributed by atoms with Crippen molar-refractivity contribution >= 4 is 38.9 Å². The zero-order valence-electron chi connectivity index (χ0n) is 36.7. The maximum atomic E-state index is 5.10. The molecule has 4 heteroatoms. The average Bonchev–Trinajstić information content (AvgIpc) is 3.68. The molecule has 0 aliphatic rings. The third-order valence-electron chi connectivity index (χ3n) is 12.4. The van der Waals surface area contributed by atoms with Crippen molar-refractivity contribution in [1.82, 2.24) is 14.5 Å². The number of hydrogen-bond acceptors (Lipinski definition) is 3. The summed E-state index contributed by atoms with van der Waals surface area (Å²) in [7, 11) is 0. The van der Waals surface area contributed by atoms with Gasteiger partial charge in [-0.3, -0.25) is 0 Å². The molecule has 0 atom stereocenters. The van der Waals surface area contributed by atoms with Gasteiger partial charge in [-0.2, -0.15) is 0 Å². The van der Waals surface area contributed by atoms with Gasteiger partial charge >= 0.3 is 0 Å². The van der Waals surface area contributed by atoms with Gasteiger partial charge in [-0.25, -0.2) is 9.97 Å². The predicted molar refractivity (Wildman–Crippen MR) is 272 cm³/mol. The Morgan fingerprint density at radius 3 is 1.60 bits per heavy atom. The van der Waals surface area contributed by atoms with Crippen molar-refractivity contribution < 1.29 is 0 Å². The summed E-state index contributed by atoms with van der Waals surface area (Å²) < 4.78 is 2.39. The zero-order valence-corrected chi connectivity index (χ0v) is 36.7. The molecular formula is C61H46N4. The summed E-state index contributed by atoms with van der Waals surface area (Å²) in [4.78, 5) is 12.5. The van der Waals surface area contributed by atoms with Crippen LogP contribution in [0.4, 0.5) is 17.1 Å². The molecule has 65 heavy (non-hydrogen) atoms. The van der Waals surface area contributed by atoms with Crippen molar-refractivity contribution in [3.8, 4) is 61.8 Å². The Bertz CT molecular complexity index is 3390. The van der Waals surface area contributed by atoms with Crippen LogP contribution in [0, 0.1) is 20.8 Å². The van der Waals surface area contributed by atoms with Crippen LogP contribution in [-0.2, 0) is 0 Å². The van der Waals surface area contributed by atoms with Crippen LogP contribution in [0.15, 0.2) is 224 Å². The van der Waals surface area contributed by atoms with Gasteiger partial charge in [0.05, 0.1) is 22.4 Å². The molecule has 0 saturated heterocycles. The molecule has 2 heterocycles. The summed E-state index contributed by atoms with van der Waals surface area (Å²) in [5, 5.41) is 2.44. The van der Waals surface area contributed by atoms with E-state index in [4.69, 9.17) is 9.97 Å². The Hall–Kier alpha value is -8.34. The van der Waals surface area contributed by atoms with E-state index >= 15 is 0 Å². The minimum absolute atomic E-state index is 0.727. The van der Waals surface area contributed by atoms with Gasteiger partial charge in [0.15, 0.2) is 5.82 Å². The molecule has 0 bridgehead atoms. The standard InChI is InChI=1S/C61H46N4/c1-41-14-12-16-48(36-41)58-40-57(62-61(63-58)49-17-13-15-42(2)37-49)46-26-24-45(25-27-46)54-34-30-47(38-43(54)3)44-28-31-52(32-29-44)65-59-23-11-10-22-55(59)56-39-53(33-35-60(56)65)64(50-18-6-4-7-19-50)51-20-8-5-9-21-51/h4-40H,1-3H3. The van der Waals surface area contributed by atoms with Crippen LogP contribution in [0.2, 0.25) is 0 Å². The fourth-order valence-electron chi connectivity index (χ4n) is 9.23. The third-order valence-corrected chi connectivity index (χ3v) is 12.4. The maximum absolute atomic E-state index is 5.10. The summed E-state index contributed by atoms with van der Waals surface area (Å²) >= 11 is 0. The lowest BCUT2D eigenvalue weighted by Crippen LogP contribution is -2.09. The molecule has 0 aliphatic carbocycles. The van der Waals surface area contributed by atoms with E-state index in [1.807, 2.05) is 0 Å². The number of anilines is 3. The van der Waals surface area contributed by atoms with Gasteiger partial charge in [0, 0.05) is 50.2 Å². The number of hydrogen-bond donors (Lipinski definition) is 0. The van der Waals surface area contributed by atoms with Crippen molar-refractivity contribution in [3.63, 3.8) is 0 Å². The van der Waals surface area contributed by atoms with Crippen LogP contribution < -0.4 is 4.90 Å². The molecule has 0 fully saturated rings. The number of aryl methyl sites for hydroxylation is 3. The Labute approximate surface area is 380 Å². The van der Waals surface area contributed by atoms with E-state index in [0.29, 0.717) is 0 Å². The van der Waals surface area contributed by atoms with Gasteiger partial charge in [-0.05, 0) is 127 Å². The van der Waals surface area contributed by atoms with Gasteiger partial charge in [0.2, 0.25) is 0 Å². The van der Waals surface area contributed by atoms with Crippen LogP contribution in [0.5, 0.6) is 0 Å². The van der Waals surface area contributed by atoms with Crippen molar-refractivity contribution in [2.45, 2.75) is 20.8 Å². The van der Waals surface area contributed by atoms with Crippen LogP contribution >= 0.6 is 0 Å². The molecule has 2 aromatic heterocycles. The number of rotatable bonds is 9. The van der Waals surface area contributed by atoms with E-state index in [1.165, 1.54) is 60.8 Å². The molecule has 0 spiro atoms. The number of benzene rings is 9. The second kappa shape index (κ2) is 16.7. The van der Waals surface area contributed by atoms with Gasteiger partial charge in [0.25, 0.3) is 0 Å². The minimum Gasteiger partial charge on any atom is -0.310 e. The minimum atomic E-state index is 0.727. The fourth-order valence-corrected chi connectivity index (χ4v) is 9.23. The Morgan fingerprint density at radius 2 is 0.923 bits per heavy atom. The topological polar surface area (TPSA) is 34.0 Å². The van der Waals surface area contributed by atoms with E-state index in [9.17, 15) is 0 Å². The van der Waals surface area contributed by atoms with Crippen LogP contribution in [0.3, 0.4) is 0 Å². The van der Waals surface area contributed by atoms with E-state index in [-0.39, 0.29) is 0 Å². The Morgan fingerprint density at radius 1 is 0.354 bits per heavy atom. The lowest BCUT2D eigenvalue weighted by Gasteiger charge is -2.25. The highest BCUT2D eigenvalue weighted by molar-refractivity contribution is 6.10. The van der Waals surface area contributed by atoms with E-state index < -0.39 is 0 Å². The van der Waals surface area contributed by atoms with E-state index in [0.717, 1.165) is 56.7 Å². The first kappa shape index (κ1) is 39.5. The summed E-state index contributed by atoms with van der Waals surface area (Å²) in [6, 6.07) is 80.4. The number of fused-ring (bicyclic) bond motifs is 3. The fraction of sp³-hybridized carbons (Fsp3) is 0.0492. The van der Waals surface area contributed by atoms with Crippen molar-refractivity contribution in [2.24, 2.45) is 0 Å². The zero-order chi connectivity index (χ0) is 43.9. The first-order valence-corrected chi connectivity index (χ1v) is 22.2. The predicted octanol–water partition coefficient (Wildman–Crippen LogP) is 16.3. The molecule has 4 nitrogen and oxygen atoms in total. The molecule has 9 aromatic carbocycles. The van der Waals surface area contributed by atoms with E-state index in [1.54, 1.807) is 0 Å². The molecule has 310 valence electrons. The molecule has 11 rings (SSSR count). The molecule has 0 N–H and O–H groups in total. The van der Waals surface area contributed by atoms with Gasteiger partial charge in [0.1, 0.15) is 0 Å². The van der Waals surface area contributed by atoms with Crippen LogP contribution in [0.25, 0.3) is 83.6 Å². The molecule has 0 amide bonds. The van der Waals surface area contributed by atoms with Crippen molar-refractivity contribution in [2.75, 3.05) is 4.90 Å². The molecule has 0 saturated carbocycles. The lowest BCUT2D eigenvalue weighted by molar-refractivity contribution is 1.18. The highest BCUT2D eigenvalue weighted by atomic mass is 15.1. The Balaban J connectivity index is 0.887.